The van der Waals surface area contributed by atoms with Crippen LogP contribution in [0.25, 0.3) is 5.69 Å². The molecule has 0 saturated carbocycles. The third-order valence-corrected chi connectivity index (χ3v) is 4.92. The van der Waals surface area contributed by atoms with Crippen LogP contribution in [0.1, 0.15) is 11.3 Å². The average molecular weight is 382 g/mol. The van der Waals surface area contributed by atoms with Crippen molar-refractivity contribution < 1.29 is 26.3 Å². The summed E-state index contributed by atoms with van der Waals surface area (Å²) in [5.41, 5.74) is 0.329. The lowest BCUT2D eigenvalue weighted by atomic mass is 9.85. The molecule has 0 spiro atoms. The fourth-order valence-corrected chi connectivity index (χ4v) is 3.60. The second-order valence-electron chi connectivity index (χ2n) is 5.53. The Bertz CT molecular complexity index is 825. The van der Waals surface area contributed by atoms with Gasteiger partial charge in [0.05, 0.1) is 16.3 Å². The number of nitrogens with two attached hydrogens (primary N) is 1. The molecular formula is C14H12F6N4S. The van der Waals surface area contributed by atoms with Crippen molar-refractivity contribution in [1.29, 1.82) is 0 Å². The zero-order valence-electron chi connectivity index (χ0n) is 12.9. The molecule has 2 aromatic rings. The van der Waals surface area contributed by atoms with Gasteiger partial charge in [0, 0.05) is 11.3 Å². The highest BCUT2D eigenvalue weighted by atomic mass is 32.2. The number of hydrogen-bond donors (Lipinski definition) is 2. The van der Waals surface area contributed by atoms with E-state index < -0.39 is 23.5 Å². The van der Waals surface area contributed by atoms with Gasteiger partial charge in [-0.1, -0.05) is 6.07 Å². The highest BCUT2D eigenvalue weighted by molar-refractivity contribution is 7.98. The van der Waals surface area contributed by atoms with Crippen molar-refractivity contribution in [3.8, 4) is 5.69 Å². The summed E-state index contributed by atoms with van der Waals surface area (Å²) in [6.45, 7) is 1.51. The Morgan fingerprint density at radius 3 is 2.28 bits per heavy atom. The van der Waals surface area contributed by atoms with E-state index in [1.54, 1.807) is 11.6 Å². The van der Waals surface area contributed by atoms with Crippen molar-refractivity contribution in [2.45, 2.75) is 29.7 Å². The highest BCUT2D eigenvalue weighted by Gasteiger charge is 2.74. The number of nitrogen functional groups attached to an aromatic ring is 1. The van der Waals surface area contributed by atoms with Crippen molar-refractivity contribution in [3.63, 3.8) is 0 Å². The van der Waals surface area contributed by atoms with Crippen LogP contribution in [0, 0.1) is 6.92 Å². The Kier molecular flexibility index (Phi) is 3.72. The van der Waals surface area contributed by atoms with Crippen LogP contribution in [0.3, 0.4) is 0 Å². The standard InChI is InChI=1S/C14H12F6N4S/c1-6-10(25-2)11-22-12(13(15,16)17,14(18,19)20)8-4-3-7(21)5-9(8)24(11)23-6/h3-5,22H,21H2,1-2H3. The third-order valence-electron chi connectivity index (χ3n) is 4.02. The summed E-state index contributed by atoms with van der Waals surface area (Å²) in [4.78, 5) is 0.200. The molecule has 4 nitrogen and oxygen atoms in total. The number of hydrogen-bond acceptors (Lipinski definition) is 4. The Morgan fingerprint density at radius 2 is 1.76 bits per heavy atom. The molecule has 136 valence electrons. The number of nitrogens with zero attached hydrogens (tertiary/aromatic N) is 2. The van der Waals surface area contributed by atoms with Crippen LogP contribution in [-0.4, -0.2) is 28.4 Å². The molecule has 1 aliphatic heterocycles. The largest absolute Gasteiger partial charge is 0.424 e. The maximum atomic E-state index is 13.8. The molecule has 1 aliphatic rings. The first-order chi connectivity index (χ1) is 11.4. The lowest BCUT2D eigenvalue weighted by Gasteiger charge is -2.42. The van der Waals surface area contributed by atoms with E-state index in [-0.39, 0.29) is 22.1 Å². The minimum absolute atomic E-state index is 0.0312. The zero-order chi connectivity index (χ0) is 18.8. The second-order valence-corrected chi connectivity index (χ2v) is 6.34. The monoisotopic (exact) mass is 382 g/mol. The number of nitrogens with one attached hydrogen (secondary N) is 1. The molecule has 3 N–H and O–H groups in total. The lowest BCUT2D eigenvalue weighted by Crippen LogP contribution is -2.61. The molecule has 25 heavy (non-hydrogen) atoms. The van der Waals surface area contributed by atoms with Crippen LogP contribution in [0.15, 0.2) is 23.1 Å². The summed E-state index contributed by atoms with van der Waals surface area (Å²) in [5, 5.41) is 5.77. The van der Waals surface area contributed by atoms with E-state index in [2.05, 4.69) is 5.10 Å². The molecule has 0 fully saturated rings. The number of aromatic nitrogens is 2. The Labute approximate surface area is 142 Å². The molecule has 0 radical (unpaired) electrons. The summed E-state index contributed by atoms with van der Waals surface area (Å²) in [7, 11) is 0. The summed E-state index contributed by atoms with van der Waals surface area (Å²) < 4.78 is 83.6. The smallest absolute Gasteiger partial charge is 0.399 e. The first kappa shape index (κ1) is 17.8. The van der Waals surface area contributed by atoms with E-state index in [0.717, 1.165) is 34.6 Å². The maximum absolute atomic E-state index is 13.8. The van der Waals surface area contributed by atoms with Gasteiger partial charge in [-0.05, 0) is 25.3 Å². The van der Waals surface area contributed by atoms with Crippen LogP contribution >= 0.6 is 11.8 Å². The first-order valence-electron chi connectivity index (χ1n) is 6.89. The van der Waals surface area contributed by atoms with E-state index in [1.165, 1.54) is 6.92 Å². The average Bonchev–Trinajstić information content (AvgIpc) is 2.79. The molecule has 0 saturated heterocycles. The van der Waals surface area contributed by atoms with Gasteiger partial charge in [0.1, 0.15) is 5.82 Å². The van der Waals surface area contributed by atoms with Crippen molar-refractivity contribution in [3.05, 3.63) is 29.5 Å². The Hall–Kier alpha value is -2.04. The van der Waals surface area contributed by atoms with Gasteiger partial charge in [-0.3, -0.25) is 0 Å². The van der Waals surface area contributed by atoms with E-state index in [1.807, 2.05) is 0 Å². The molecule has 2 heterocycles. The summed E-state index contributed by atoms with van der Waals surface area (Å²) in [5.74, 6) is -0.363. The zero-order valence-corrected chi connectivity index (χ0v) is 13.7. The maximum Gasteiger partial charge on any atom is 0.424 e. The van der Waals surface area contributed by atoms with Crippen LogP contribution < -0.4 is 11.1 Å². The number of halogens is 6. The molecule has 0 unspecified atom stereocenters. The summed E-state index contributed by atoms with van der Waals surface area (Å²) >= 11 is 1.01. The summed E-state index contributed by atoms with van der Waals surface area (Å²) in [6.07, 6.45) is -9.74. The quantitative estimate of drug-likeness (QED) is 0.440. The molecule has 0 atom stereocenters. The van der Waals surface area contributed by atoms with Gasteiger partial charge in [-0.2, -0.15) is 31.4 Å². The Morgan fingerprint density at radius 1 is 1.16 bits per heavy atom. The van der Waals surface area contributed by atoms with E-state index in [9.17, 15) is 26.3 Å². The van der Waals surface area contributed by atoms with Gasteiger partial charge in [-0.25, -0.2) is 4.68 Å². The number of aryl methyl sites for hydroxylation is 1. The van der Waals surface area contributed by atoms with Gasteiger partial charge in [0.2, 0.25) is 0 Å². The van der Waals surface area contributed by atoms with E-state index >= 15 is 0 Å². The van der Waals surface area contributed by atoms with Gasteiger partial charge < -0.3 is 11.1 Å². The number of benzene rings is 1. The fourth-order valence-electron chi connectivity index (χ4n) is 2.94. The summed E-state index contributed by atoms with van der Waals surface area (Å²) in [6, 6.07) is 2.80. The predicted molar refractivity (Wildman–Crippen MR) is 81.9 cm³/mol. The van der Waals surface area contributed by atoms with Crippen LogP contribution in [0.4, 0.5) is 37.8 Å². The molecule has 1 aromatic heterocycles. The lowest BCUT2D eigenvalue weighted by molar-refractivity contribution is -0.294. The fraction of sp³-hybridized carbons (Fsp3) is 0.357. The van der Waals surface area contributed by atoms with Crippen LogP contribution in [-0.2, 0) is 5.54 Å². The number of alkyl halides is 6. The van der Waals surface area contributed by atoms with Gasteiger partial charge in [0.15, 0.2) is 0 Å². The van der Waals surface area contributed by atoms with E-state index in [0.29, 0.717) is 5.69 Å². The predicted octanol–water partition coefficient (Wildman–Crippen LogP) is 4.23. The second kappa shape index (κ2) is 5.23. The van der Waals surface area contributed by atoms with Gasteiger partial charge in [-0.15, -0.1) is 11.8 Å². The number of thioether (sulfide) groups is 1. The van der Waals surface area contributed by atoms with Crippen molar-refractivity contribution >= 4 is 23.3 Å². The number of anilines is 2. The normalized spacial score (nSPS) is 16.2. The SMILES string of the molecule is CSc1c(C)nn2c1NC(C(F)(F)F)(C(F)(F)F)c1ccc(N)cc1-2. The topological polar surface area (TPSA) is 55.9 Å². The van der Waals surface area contributed by atoms with Crippen molar-refractivity contribution in [1.82, 2.24) is 9.78 Å². The van der Waals surface area contributed by atoms with Gasteiger partial charge in [0.25, 0.3) is 5.54 Å². The van der Waals surface area contributed by atoms with Crippen molar-refractivity contribution in [2.24, 2.45) is 0 Å². The van der Waals surface area contributed by atoms with E-state index in [4.69, 9.17) is 5.73 Å². The Balaban J connectivity index is 2.46. The van der Waals surface area contributed by atoms with Crippen molar-refractivity contribution in [2.75, 3.05) is 17.3 Å². The minimum atomic E-state index is -5.64. The number of rotatable bonds is 1. The highest BCUT2D eigenvalue weighted by Crippen LogP contribution is 2.56. The molecule has 11 heteroatoms. The minimum Gasteiger partial charge on any atom is -0.399 e. The van der Waals surface area contributed by atoms with Crippen LogP contribution in [0.2, 0.25) is 0 Å². The molecule has 0 aliphatic carbocycles. The van der Waals surface area contributed by atoms with Gasteiger partial charge >= 0.3 is 12.4 Å². The molecule has 0 amide bonds. The first-order valence-corrected chi connectivity index (χ1v) is 8.12. The molecular weight excluding hydrogens is 370 g/mol. The third kappa shape index (κ3) is 2.28. The molecule has 1 aromatic carbocycles. The van der Waals surface area contributed by atoms with Crippen LogP contribution in [0.5, 0.6) is 0 Å². The molecule has 3 rings (SSSR count). The molecule has 0 bridgehead atoms. The number of fused-ring (bicyclic) bond motifs is 3.